The van der Waals surface area contributed by atoms with Crippen molar-refractivity contribution in [3.05, 3.63) is 86.4 Å². The van der Waals surface area contributed by atoms with Crippen molar-refractivity contribution in [1.29, 1.82) is 0 Å². The van der Waals surface area contributed by atoms with Gasteiger partial charge in [-0.05, 0) is 37.6 Å². The second-order valence-corrected chi connectivity index (χ2v) is 7.24. The van der Waals surface area contributed by atoms with Crippen LogP contribution in [0.5, 0.6) is 0 Å². The normalized spacial score (nSPS) is 14.8. The number of hydrogen-bond donors (Lipinski definition) is 0. The molecule has 0 N–H and O–H groups in total. The summed E-state index contributed by atoms with van der Waals surface area (Å²) in [4.78, 5) is 23.2. The molecule has 0 aliphatic carbocycles. The quantitative estimate of drug-likeness (QED) is 0.121. The zero-order valence-electron chi connectivity index (χ0n) is 17.3. The zero-order chi connectivity index (χ0) is 24.9. The van der Waals surface area contributed by atoms with Crippen LogP contribution in [-0.2, 0) is 4.79 Å². The average Bonchev–Trinajstić information content (AvgIpc) is 3.37. The largest absolute Gasteiger partial charge is 0.457 e. The van der Waals surface area contributed by atoms with Gasteiger partial charge in [0.05, 0.1) is 16.2 Å². The highest BCUT2D eigenvalue weighted by Gasteiger charge is 2.37. The predicted octanol–water partition coefficient (Wildman–Crippen LogP) is 5.66. The first kappa shape index (κ1) is 22.8. The third kappa shape index (κ3) is 3.62. The number of hydrazone groups is 1. The zero-order valence-corrected chi connectivity index (χ0v) is 17.3. The molecule has 7 nitrogen and oxygen atoms in total. The number of halogens is 5. The lowest BCUT2D eigenvalue weighted by atomic mass is 10.1. The molecule has 0 unspecified atom stereocenters. The van der Waals surface area contributed by atoms with Crippen molar-refractivity contribution in [2.24, 2.45) is 5.10 Å². The number of furan rings is 1. The first-order chi connectivity index (χ1) is 16.0. The van der Waals surface area contributed by atoms with Crippen molar-refractivity contribution in [3.8, 4) is 11.3 Å². The highest BCUT2D eigenvalue weighted by atomic mass is 19.2. The molecule has 4 rings (SSSR count). The molecule has 0 fully saturated rings. The number of benzene rings is 2. The van der Waals surface area contributed by atoms with E-state index < -0.39 is 45.6 Å². The molecule has 2 aromatic carbocycles. The third-order valence-electron chi connectivity index (χ3n) is 5.07. The van der Waals surface area contributed by atoms with E-state index in [-0.39, 0.29) is 33.5 Å². The Morgan fingerprint density at radius 1 is 0.971 bits per heavy atom. The van der Waals surface area contributed by atoms with Gasteiger partial charge in [0.1, 0.15) is 17.2 Å². The van der Waals surface area contributed by atoms with Gasteiger partial charge in [-0.25, -0.2) is 22.0 Å². The van der Waals surface area contributed by atoms with Gasteiger partial charge in [-0.15, -0.1) is 0 Å². The summed E-state index contributed by atoms with van der Waals surface area (Å²) in [7, 11) is 0. The third-order valence-corrected chi connectivity index (χ3v) is 5.07. The molecule has 2 heterocycles. The van der Waals surface area contributed by atoms with Gasteiger partial charge in [0, 0.05) is 17.7 Å². The molecule has 0 radical (unpaired) electrons. The highest BCUT2D eigenvalue weighted by molar-refractivity contribution is 6.32. The Hall–Kier alpha value is -4.35. The Balaban J connectivity index is 1.71. The van der Waals surface area contributed by atoms with Gasteiger partial charge in [-0.3, -0.25) is 14.9 Å². The summed E-state index contributed by atoms with van der Waals surface area (Å²) >= 11 is 0. The van der Waals surface area contributed by atoms with E-state index in [1.165, 1.54) is 43.3 Å². The van der Waals surface area contributed by atoms with Crippen molar-refractivity contribution in [2.75, 3.05) is 5.01 Å². The maximum atomic E-state index is 14.2. The van der Waals surface area contributed by atoms with E-state index >= 15 is 0 Å². The number of non-ortho nitro benzene ring substituents is 1. The topological polar surface area (TPSA) is 89.0 Å². The second kappa shape index (κ2) is 8.21. The molecule has 0 saturated heterocycles. The number of carbonyl (C=O) groups is 1. The van der Waals surface area contributed by atoms with E-state index in [4.69, 9.17) is 4.42 Å². The van der Waals surface area contributed by atoms with Crippen molar-refractivity contribution >= 4 is 29.1 Å². The van der Waals surface area contributed by atoms with Crippen molar-refractivity contribution < 1.29 is 36.1 Å². The van der Waals surface area contributed by atoms with Crippen LogP contribution < -0.4 is 5.01 Å². The Morgan fingerprint density at radius 3 is 2.21 bits per heavy atom. The molecule has 0 atom stereocenters. The minimum absolute atomic E-state index is 0.0709. The fourth-order valence-corrected chi connectivity index (χ4v) is 3.32. The van der Waals surface area contributed by atoms with Gasteiger partial charge in [-0.2, -0.15) is 10.1 Å². The van der Waals surface area contributed by atoms with Crippen LogP contribution in [0.3, 0.4) is 0 Å². The fourth-order valence-electron chi connectivity index (χ4n) is 3.32. The van der Waals surface area contributed by atoms with Crippen LogP contribution in [-0.4, -0.2) is 16.5 Å². The molecule has 0 bridgehead atoms. The Labute approximate surface area is 187 Å². The van der Waals surface area contributed by atoms with Crippen molar-refractivity contribution in [2.45, 2.75) is 13.8 Å². The lowest BCUT2D eigenvalue weighted by molar-refractivity contribution is -0.384. The number of rotatable bonds is 4. The van der Waals surface area contributed by atoms with Crippen LogP contribution in [0.25, 0.3) is 17.4 Å². The van der Waals surface area contributed by atoms with Gasteiger partial charge >= 0.3 is 0 Å². The summed E-state index contributed by atoms with van der Waals surface area (Å²) in [5.74, 6) is -12.0. The van der Waals surface area contributed by atoms with E-state index in [0.29, 0.717) is 11.1 Å². The monoisotopic (exact) mass is 477 g/mol. The molecule has 0 spiro atoms. The SMILES string of the molecule is CC1=NN(c2c(F)c(F)c(F)c(F)c2F)C(=O)/C1=C/c1ccc(-c2cc([N+](=O)[O-])ccc2C)o1. The minimum atomic E-state index is -2.36. The van der Waals surface area contributed by atoms with Crippen LogP contribution in [0.4, 0.5) is 33.3 Å². The maximum Gasteiger partial charge on any atom is 0.280 e. The standard InChI is InChI=1S/C22H12F5N3O4/c1-9-3-4-11(30(32)33)7-13(9)15-6-5-12(34-15)8-14-10(2)28-29(22(14)31)21-19(26)17(24)16(23)18(25)20(21)27/h3-8H,1-2H3/b14-8+. The van der Waals surface area contributed by atoms with Crippen LogP contribution in [0, 0.1) is 46.1 Å². The second-order valence-electron chi connectivity index (χ2n) is 7.24. The van der Waals surface area contributed by atoms with E-state index in [1.807, 2.05) is 0 Å². The van der Waals surface area contributed by atoms with Crippen molar-refractivity contribution in [1.82, 2.24) is 0 Å². The molecule has 1 aliphatic rings. The van der Waals surface area contributed by atoms with Crippen molar-refractivity contribution in [3.63, 3.8) is 0 Å². The number of nitrogens with zero attached hydrogens (tertiary/aromatic N) is 3. The average molecular weight is 477 g/mol. The molecule has 34 heavy (non-hydrogen) atoms. The summed E-state index contributed by atoms with van der Waals surface area (Å²) in [6.45, 7) is 3.00. The number of anilines is 1. The number of hydrogen-bond acceptors (Lipinski definition) is 5. The number of nitro groups is 1. The lowest BCUT2D eigenvalue weighted by Gasteiger charge is -2.14. The summed E-state index contributed by atoms with van der Waals surface area (Å²) in [5.41, 5.74) is -0.865. The van der Waals surface area contributed by atoms with Gasteiger partial charge in [-0.1, -0.05) is 6.07 Å². The Morgan fingerprint density at radius 2 is 1.59 bits per heavy atom. The molecule has 12 heteroatoms. The molecule has 1 amide bonds. The molecular formula is C22H12F5N3O4. The van der Waals surface area contributed by atoms with Gasteiger partial charge < -0.3 is 4.42 Å². The molecule has 3 aromatic rings. The predicted molar refractivity (Wildman–Crippen MR) is 110 cm³/mol. The fraction of sp³-hybridized carbons (Fsp3) is 0.0909. The van der Waals surface area contributed by atoms with E-state index in [2.05, 4.69) is 5.10 Å². The first-order valence-electron chi connectivity index (χ1n) is 9.49. The van der Waals surface area contributed by atoms with Crippen LogP contribution >= 0.6 is 0 Å². The lowest BCUT2D eigenvalue weighted by Crippen LogP contribution is -2.25. The van der Waals surface area contributed by atoms with Gasteiger partial charge in [0.25, 0.3) is 11.6 Å². The maximum absolute atomic E-state index is 14.2. The molecule has 0 saturated carbocycles. The summed E-state index contributed by atoms with van der Waals surface area (Å²) in [6.07, 6.45) is 1.17. The molecular weight excluding hydrogens is 465 g/mol. The Bertz CT molecular complexity index is 1420. The van der Waals surface area contributed by atoms with Crippen LogP contribution in [0.2, 0.25) is 0 Å². The van der Waals surface area contributed by atoms with Crippen LogP contribution in [0.15, 0.2) is 45.4 Å². The summed E-state index contributed by atoms with van der Waals surface area (Å²) in [5, 5.41) is 14.8. The minimum Gasteiger partial charge on any atom is -0.457 e. The number of amides is 1. The number of aryl methyl sites for hydroxylation is 1. The van der Waals surface area contributed by atoms with E-state index in [0.717, 1.165) is 0 Å². The summed E-state index contributed by atoms with van der Waals surface area (Å²) in [6, 6.07) is 7.10. The smallest absolute Gasteiger partial charge is 0.280 e. The van der Waals surface area contributed by atoms with Crippen LogP contribution in [0.1, 0.15) is 18.2 Å². The van der Waals surface area contributed by atoms with Gasteiger partial charge in [0.15, 0.2) is 23.3 Å². The Kier molecular flexibility index (Phi) is 5.51. The number of nitro benzene ring substituents is 1. The van der Waals surface area contributed by atoms with E-state index in [9.17, 15) is 36.9 Å². The van der Waals surface area contributed by atoms with E-state index in [1.54, 1.807) is 6.92 Å². The highest BCUT2D eigenvalue weighted by Crippen LogP contribution is 2.35. The summed E-state index contributed by atoms with van der Waals surface area (Å²) < 4.78 is 74.5. The molecule has 1 aromatic heterocycles. The molecule has 1 aliphatic heterocycles. The molecule has 174 valence electrons. The first-order valence-corrected chi connectivity index (χ1v) is 9.49. The number of carbonyl (C=O) groups excluding carboxylic acids is 1. The van der Waals surface area contributed by atoms with Gasteiger partial charge in [0.2, 0.25) is 5.82 Å².